The van der Waals surface area contributed by atoms with Crippen molar-refractivity contribution in [1.82, 2.24) is 5.32 Å². The van der Waals surface area contributed by atoms with Crippen LogP contribution in [0.15, 0.2) is 18.2 Å². The van der Waals surface area contributed by atoms with E-state index < -0.39 is 0 Å². The standard InChI is InChI=1S/C14H21ClN2/c1-3-17-11(6-5-9-16-2)10-12-13(15)7-4-8-14(12)17/h4,7-8,11,16H,3,5-6,9-10H2,1-2H3. The fourth-order valence-corrected chi connectivity index (χ4v) is 3.01. The van der Waals surface area contributed by atoms with Crippen LogP contribution in [0.3, 0.4) is 0 Å². The van der Waals surface area contributed by atoms with E-state index in [2.05, 4.69) is 29.3 Å². The summed E-state index contributed by atoms with van der Waals surface area (Å²) in [6.45, 7) is 4.39. The molecule has 1 heterocycles. The summed E-state index contributed by atoms with van der Waals surface area (Å²) in [6.07, 6.45) is 3.57. The molecule has 17 heavy (non-hydrogen) atoms. The molecule has 1 aliphatic rings. The van der Waals surface area contributed by atoms with Gasteiger partial charge in [-0.2, -0.15) is 0 Å². The molecule has 1 N–H and O–H groups in total. The van der Waals surface area contributed by atoms with Crippen molar-refractivity contribution in [2.75, 3.05) is 25.0 Å². The maximum Gasteiger partial charge on any atom is 0.0459 e. The van der Waals surface area contributed by atoms with Gasteiger partial charge in [0, 0.05) is 23.3 Å². The lowest BCUT2D eigenvalue weighted by Gasteiger charge is -2.26. The third kappa shape index (κ3) is 2.58. The summed E-state index contributed by atoms with van der Waals surface area (Å²) in [7, 11) is 2.01. The zero-order valence-electron chi connectivity index (χ0n) is 10.7. The molecule has 1 unspecified atom stereocenters. The smallest absolute Gasteiger partial charge is 0.0459 e. The Balaban J connectivity index is 2.11. The van der Waals surface area contributed by atoms with Crippen LogP contribution in [0.2, 0.25) is 5.02 Å². The Bertz CT molecular complexity index is 378. The van der Waals surface area contributed by atoms with Crippen molar-refractivity contribution in [3.8, 4) is 0 Å². The van der Waals surface area contributed by atoms with Gasteiger partial charge in [0.15, 0.2) is 0 Å². The minimum Gasteiger partial charge on any atom is -0.368 e. The fraction of sp³-hybridized carbons (Fsp3) is 0.571. The van der Waals surface area contributed by atoms with Crippen LogP contribution in [0.5, 0.6) is 0 Å². The van der Waals surface area contributed by atoms with Crippen molar-refractivity contribution < 1.29 is 0 Å². The van der Waals surface area contributed by atoms with E-state index >= 15 is 0 Å². The van der Waals surface area contributed by atoms with Crippen LogP contribution in [0.25, 0.3) is 0 Å². The number of fused-ring (bicyclic) bond motifs is 1. The molecule has 2 nitrogen and oxygen atoms in total. The number of likely N-dealkylation sites (N-methyl/N-ethyl adjacent to an activating group) is 1. The first kappa shape index (κ1) is 12.7. The highest BCUT2D eigenvalue weighted by atomic mass is 35.5. The molecule has 2 rings (SSSR count). The van der Waals surface area contributed by atoms with Crippen LogP contribution < -0.4 is 10.2 Å². The van der Waals surface area contributed by atoms with E-state index in [9.17, 15) is 0 Å². The van der Waals surface area contributed by atoms with Crippen molar-refractivity contribution >= 4 is 17.3 Å². The quantitative estimate of drug-likeness (QED) is 0.811. The van der Waals surface area contributed by atoms with E-state index in [-0.39, 0.29) is 0 Å². The fourth-order valence-electron chi connectivity index (χ4n) is 2.76. The van der Waals surface area contributed by atoms with Gasteiger partial charge in [-0.05, 0) is 57.5 Å². The molecular weight excluding hydrogens is 232 g/mol. The predicted molar refractivity (Wildman–Crippen MR) is 75.1 cm³/mol. The van der Waals surface area contributed by atoms with Gasteiger partial charge < -0.3 is 10.2 Å². The molecule has 1 aliphatic heterocycles. The van der Waals surface area contributed by atoms with Gasteiger partial charge in [0.25, 0.3) is 0 Å². The van der Waals surface area contributed by atoms with Crippen molar-refractivity contribution in [3.63, 3.8) is 0 Å². The number of nitrogens with one attached hydrogen (secondary N) is 1. The maximum atomic E-state index is 6.28. The number of benzene rings is 1. The van der Waals surface area contributed by atoms with Gasteiger partial charge in [0.05, 0.1) is 0 Å². The zero-order chi connectivity index (χ0) is 12.3. The molecule has 0 saturated carbocycles. The first-order chi connectivity index (χ1) is 8.27. The first-order valence-electron chi connectivity index (χ1n) is 6.46. The van der Waals surface area contributed by atoms with E-state index in [4.69, 9.17) is 11.6 Å². The molecule has 0 saturated heterocycles. The Labute approximate surface area is 109 Å². The lowest BCUT2D eigenvalue weighted by molar-refractivity contribution is 0.549. The van der Waals surface area contributed by atoms with Crippen LogP contribution in [-0.2, 0) is 6.42 Å². The number of anilines is 1. The van der Waals surface area contributed by atoms with E-state index in [0.717, 1.165) is 24.5 Å². The van der Waals surface area contributed by atoms with Crippen LogP contribution in [0.4, 0.5) is 5.69 Å². The summed E-state index contributed by atoms with van der Waals surface area (Å²) < 4.78 is 0. The second kappa shape index (κ2) is 5.74. The molecule has 94 valence electrons. The van der Waals surface area contributed by atoms with E-state index in [1.807, 2.05) is 13.1 Å². The molecule has 0 amide bonds. The van der Waals surface area contributed by atoms with Crippen molar-refractivity contribution in [3.05, 3.63) is 28.8 Å². The Hall–Kier alpha value is -0.730. The van der Waals surface area contributed by atoms with E-state index in [1.165, 1.54) is 24.1 Å². The molecular formula is C14H21ClN2. The number of rotatable bonds is 5. The summed E-state index contributed by atoms with van der Waals surface area (Å²) >= 11 is 6.28. The zero-order valence-corrected chi connectivity index (χ0v) is 11.4. The summed E-state index contributed by atoms with van der Waals surface area (Å²) in [5, 5.41) is 4.14. The third-order valence-electron chi connectivity index (χ3n) is 3.59. The van der Waals surface area contributed by atoms with Gasteiger partial charge >= 0.3 is 0 Å². The monoisotopic (exact) mass is 252 g/mol. The largest absolute Gasteiger partial charge is 0.368 e. The highest BCUT2D eigenvalue weighted by molar-refractivity contribution is 6.31. The van der Waals surface area contributed by atoms with Gasteiger partial charge in [-0.15, -0.1) is 0 Å². The summed E-state index contributed by atoms with van der Waals surface area (Å²) in [4.78, 5) is 2.50. The van der Waals surface area contributed by atoms with Gasteiger partial charge in [-0.1, -0.05) is 17.7 Å². The number of hydrogen-bond donors (Lipinski definition) is 1. The van der Waals surface area contributed by atoms with E-state index in [0.29, 0.717) is 6.04 Å². The van der Waals surface area contributed by atoms with Crippen molar-refractivity contribution in [2.45, 2.75) is 32.2 Å². The summed E-state index contributed by atoms with van der Waals surface area (Å²) in [5.41, 5.74) is 2.68. The average molecular weight is 253 g/mol. The van der Waals surface area contributed by atoms with Gasteiger partial charge in [-0.3, -0.25) is 0 Å². The van der Waals surface area contributed by atoms with E-state index in [1.54, 1.807) is 0 Å². The normalized spacial score (nSPS) is 18.5. The molecule has 0 fully saturated rings. The molecule has 1 atom stereocenters. The predicted octanol–water partition coefficient (Wildman–Crippen LogP) is 3.09. The maximum absolute atomic E-state index is 6.28. The van der Waals surface area contributed by atoms with Crippen LogP contribution >= 0.6 is 11.6 Å². The van der Waals surface area contributed by atoms with Crippen molar-refractivity contribution in [2.24, 2.45) is 0 Å². The van der Waals surface area contributed by atoms with Crippen molar-refractivity contribution in [1.29, 1.82) is 0 Å². The summed E-state index contributed by atoms with van der Waals surface area (Å²) in [5.74, 6) is 0. The second-order valence-corrected chi connectivity index (χ2v) is 5.03. The molecule has 0 bridgehead atoms. The molecule has 0 radical (unpaired) electrons. The third-order valence-corrected chi connectivity index (χ3v) is 3.94. The highest BCUT2D eigenvalue weighted by Crippen LogP contribution is 2.37. The topological polar surface area (TPSA) is 15.3 Å². The van der Waals surface area contributed by atoms with Crippen LogP contribution in [0.1, 0.15) is 25.3 Å². The van der Waals surface area contributed by atoms with Gasteiger partial charge in [0.2, 0.25) is 0 Å². The van der Waals surface area contributed by atoms with Gasteiger partial charge in [0.1, 0.15) is 0 Å². The molecule has 0 spiro atoms. The molecule has 3 heteroatoms. The Morgan fingerprint density at radius 3 is 3.00 bits per heavy atom. The average Bonchev–Trinajstić information content (AvgIpc) is 2.69. The Kier molecular flexibility index (Phi) is 4.30. The van der Waals surface area contributed by atoms with Crippen LogP contribution in [-0.4, -0.2) is 26.2 Å². The number of hydrogen-bond acceptors (Lipinski definition) is 2. The lowest BCUT2D eigenvalue weighted by Crippen LogP contribution is -2.32. The lowest BCUT2D eigenvalue weighted by atomic mass is 10.1. The van der Waals surface area contributed by atoms with Crippen LogP contribution in [0, 0.1) is 0 Å². The number of halogens is 1. The second-order valence-electron chi connectivity index (χ2n) is 4.63. The molecule has 0 aromatic heterocycles. The van der Waals surface area contributed by atoms with Gasteiger partial charge in [-0.25, -0.2) is 0 Å². The molecule has 1 aromatic rings. The minimum absolute atomic E-state index is 0.628. The Morgan fingerprint density at radius 2 is 2.29 bits per heavy atom. The first-order valence-corrected chi connectivity index (χ1v) is 6.84. The molecule has 1 aromatic carbocycles. The SMILES string of the molecule is CCN1c2cccc(Cl)c2CC1CCCNC. The Morgan fingerprint density at radius 1 is 1.47 bits per heavy atom. The minimum atomic E-state index is 0.628. The number of nitrogens with zero attached hydrogens (tertiary/aromatic N) is 1. The summed E-state index contributed by atoms with van der Waals surface area (Å²) in [6, 6.07) is 6.88. The molecule has 0 aliphatic carbocycles. The highest BCUT2D eigenvalue weighted by Gasteiger charge is 2.28.